The fourth-order valence-corrected chi connectivity index (χ4v) is 4.20. The van der Waals surface area contributed by atoms with Crippen LogP contribution in [0, 0.1) is 0 Å². The van der Waals surface area contributed by atoms with Gasteiger partial charge in [0.25, 0.3) is 0 Å². The SMILES string of the molecule is Nc1ccc(N2CCN(c3nnc(CCc4ccccc4)c4ccccc34)CC2)nc1. The number of nitrogens with zero attached hydrogens (tertiary/aromatic N) is 5. The molecule has 156 valence electrons. The first-order valence-corrected chi connectivity index (χ1v) is 10.8. The fraction of sp³-hybridized carbons (Fsp3) is 0.240. The summed E-state index contributed by atoms with van der Waals surface area (Å²) in [6.45, 7) is 3.55. The van der Waals surface area contributed by atoms with E-state index >= 15 is 0 Å². The van der Waals surface area contributed by atoms with Gasteiger partial charge in [-0.15, -0.1) is 5.10 Å². The molecule has 0 bridgehead atoms. The Morgan fingerprint density at radius 3 is 2.16 bits per heavy atom. The first-order chi connectivity index (χ1) is 15.3. The first kappa shape index (κ1) is 19.3. The van der Waals surface area contributed by atoms with Crippen molar-refractivity contribution < 1.29 is 0 Å². The Labute approximate surface area is 182 Å². The highest BCUT2D eigenvalue weighted by Gasteiger charge is 2.21. The molecule has 2 N–H and O–H groups in total. The van der Waals surface area contributed by atoms with Crippen molar-refractivity contribution in [3.63, 3.8) is 0 Å². The third kappa shape index (κ3) is 4.14. The summed E-state index contributed by atoms with van der Waals surface area (Å²) in [5.74, 6) is 1.95. The quantitative estimate of drug-likeness (QED) is 0.541. The molecule has 0 radical (unpaired) electrons. The van der Waals surface area contributed by atoms with Gasteiger partial charge in [0.05, 0.1) is 17.6 Å². The molecule has 0 aliphatic carbocycles. The van der Waals surface area contributed by atoms with Crippen molar-refractivity contribution in [3.8, 4) is 0 Å². The predicted octanol–water partition coefficient (Wildman–Crippen LogP) is 3.72. The number of nitrogens with two attached hydrogens (primary N) is 1. The number of anilines is 3. The number of pyridine rings is 1. The molecule has 1 aliphatic rings. The number of rotatable bonds is 5. The van der Waals surface area contributed by atoms with Crippen LogP contribution >= 0.6 is 0 Å². The van der Waals surface area contributed by atoms with E-state index in [1.807, 2.05) is 12.1 Å². The number of aromatic nitrogens is 3. The highest BCUT2D eigenvalue weighted by molar-refractivity contribution is 5.93. The lowest BCUT2D eigenvalue weighted by Gasteiger charge is -2.36. The van der Waals surface area contributed by atoms with E-state index in [0.29, 0.717) is 5.69 Å². The maximum absolute atomic E-state index is 5.77. The van der Waals surface area contributed by atoms with Crippen LogP contribution in [0.3, 0.4) is 0 Å². The van der Waals surface area contributed by atoms with Crippen molar-refractivity contribution in [1.82, 2.24) is 15.2 Å². The molecule has 31 heavy (non-hydrogen) atoms. The molecule has 0 atom stereocenters. The maximum atomic E-state index is 5.77. The van der Waals surface area contributed by atoms with Gasteiger partial charge in [0.1, 0.15) is 5.82 Å². The van der Waals surface area contributed by atoms with Gasteiger partial charge < -0.3 is 15.5 Å². The molecule has 1 saturated heterocycles. The summed E-state index contributed by atoms with van der Waals surface area (Å²) < 4.78 is 0. The number of benzene rings is 2. The zero-order valence-electron chi connectivity index (χ0n) is 17.5. The van der Waals surface area contributed by atoms with Gasteiger partial charge in [-0.1, -0.05) is 54.6 Å². The van der Waals surface area contributed by atoms with Gasteiger partial charge in [0, 0.05) is 37.0 Å². The monoisotopic (exact) mass is 410 g/mol. The number of piperazine rings is 1. The van der Waals surface area contributed by atoms with Crippen molar-refractivity contribution in [2.24, 2.45) is 0 Å². The van der Waals surface area contributed by atoms with Gasteiger partial charge >= 0.3 is 0 Å². The number of hydrogen-bond acceptors (Lipinski definition) is 6. The summed E-state index contributed by atoms with van der Waals surface area (Å²) in [5.41, 5.74) is 8.85. The van der Waals surface area contributed by atoms with Gasteiger partial charge in [-0.2, -0.15) is 5.10 Å². The summed E-state index contributed by atoms with van der Waals surface area (Å²) in [5, 5.41) is 11.7. The Bertz CT molecular complexity index is 1150. The zero-order chi connectivity index (χ0) is 21.0. The summed E-state index contributed by atoms with van der Waals surface area (Å²) in [6.07, 6.45) is 3.56. The summed E-state index contributed by atoms with van der Waals surface area (Å²) in [4.78, 5) is 9.09. The van der Waals surface area contributed by atoms with Crippen molar-refractivity contribution in [2.75, 3.05) is 41.7 Å². The van der Waals surface area contributed by atoms with Crippen molar-refractivity contribution in [1.29, 1.82) is 0 Å². The molecule has 2 aromatic heterocycles. The van der Waals surface area contributed by atoms with Crippen molar-refractivity contribution in [3.05, 3.63) is 84.2 Å². The molecule has 1 aliphatic heterocycles. The molecular weight excluding hydrogens is 384 g/mol. The molecule has 2 aromatic carbocycles. The van der Waals surface area contributed by atoms with E-state index < -0.39 is 0 Å². The minimum atomic E-state index is 0.691. The van der Waals surface area contributed by atoms with Crippen LogP contribution in [-0.4, -0.2) is 41.4 Å². The third-order valence-corrected chi connectivity index (χ3v) is 5.91. The second-order valence-corrected chi connectivity index (χ2v) is 7.93. The van der Waals surface area contributed by atoms with Gasteiger partial charge in [0.15, 0.2) is 5.82 Å². The largest absolute Gasteiger partial charge is 0.397 e. The molecule has 6 nitrogen and oxygen atoms in total. The number of fused-ring (bicyclic) bond motifs is 1. The highest BCUT2D eigenvalue weighted by Crippen LogP contribution is 2.28. The predicted molar refractivity (Wildman–Crippen MR) is 126 cm³/mol. The molecule has 0 amide bonds. The molecular formula is C25H26N6. The molecule has 0 spiro atoms. The van der Waals surface area contributed by atoms with Gasteiger partial charge in [-0.3, -0.25) is 0 Å². The smallest absolute Gasteiger partial charge is 0.159 e. The van der Waals surface area contributed by atoms with E-state index in [1.54, 1.807) is 6.20 Å². The van der Waals surface area contributed by atoms with Crippen LogP contribution in [0.1, 0.15) is 11.3 Å². The van der Waals surface area contributed by atoms with Crippen molar-refractivity contribution >= 4 is 28.1 Å². The van der Waals surface area contributed by atoms with Crippen LogP contribution in [0.25, 0.3) is 10.8 Å². The van der Waals surface area contributed by atoms with Crippen LogP contribution in [0.15, 0.2) is 72.9 Å². The normalized spacial score (nSPS) is 14.2. The molecule has 6 heteroatoms. The van der Waals surface area contributed by atoms with Crippen LogP contribution < -0.4 is 15.5 Å². The van der Waals surface area contributed by atoms with Crippen LogP contribution in [-0.2, 0) is 12.8 Å². The molecule has 0 saturated carbocycles. The topological polar surface area (TPSA) is 71.2 Å². The van der Waals surface area contributed by atoms with Gasteiger partial charge in [0.2, 0.25) is 0 Å². The second kappa shape index (κ2) is 8.60. The molecule has 1 fully saturated rings. The summed E-state index contributed by atoms with van der Waals surface area (Å²) in [7, 11) is 0. The first-order valence-electron chi connectivity index (χ1n) is 10.8. The van der Waals surface area contributed by atoms with E-state index in [0.717, 1.165) is 56.4 Å². The second-order valence-electron chi connectivity index (χ2n) is 7.93. The molecule has 0 unspecified atom stereocenters. The average Bonchev–Trinajstić information content (AvgIpc) is 2.84. The minimum Gasteiger partial charge on any atom is -0.397 e. The van der Waals surface area contributed by atoms with Crippen molar-refractivity contribution in [2.45, 2.75) is 12.8 Å². The lowest BCUT2D eigenvalue weighted by atomic mass is 10.0. The lowest BCUT2D eigenvalue weighted by Crippen LogP contribution is -2.47. The number of nitrogen functional groups attached to an aromatic ring is 1. The van der Waals surface area contributed by atoms with E-state index in [-0.39, 0.29) is 0 Å². The number of aryl methyl sites for hydroxylation is 2. The molecule has 5 rings (SSSR count). The Morgan fingerprint density at radius 2 is 1.42 bits per heavy atom. The third-order valence-electron chi connectivity index (χ3n) is 5.91. The summed E-state index contributed by atoms with van der Waals surface area (Å²) >= 11 is 0. The van der Waals surface area contributed by atoms with E-state index in [4.69, 9.17) is 5.73 Å². The van der Waals surface area contributed by atoms with Crippen LogP contribution in [0.2, 0.25) is 0 Å². The zero-order valence-corrected chi connectivity index (χ0v) is 17.5. The minimum absolute atomic E-state index is 0.691. The molecule has 3 heterocycles. The Hall–Kier alpha value is -3.67. The number of hydrogen-bond donors (Lipinski definition) is 1. The lowest BCUT2D eigenvalue weighted by molar-refractivity contribution is 0.639. The summed E-state index contributed by atoms with van der Waals surface area (Å²) in [6, 6.07) is 23.0. The Balaban J connectivity index is 1.34. The van der Waals surface area contributed by atoms with Crippen LogP contribution in [0.4, 0.5) is 17.3 Å². The van der Waals surface area contributed by atoms with Gasteiger partial charge in [-0.25, -0.2) is 4.98 Å². The van der Waals surface area contributed by atoms with Crippen LogP contribution in [0.5, 0.6) is 0 Å². The fourth-order valence-electron chi connectivity index (χ4n) is 4.20. The maximum Gasteiger partial charge on any atom is 0.159 e. The Morgan fingerprint density at radius 1 is 0.710 bits per heavy atom. The standard InChI is InChI=1S/C25H26N6/c26-20-11-13-24(27-18-20)30-14-16-31(17-15-30)25-22-9-5-4-8-21(22)23(28-29-25)12-10-19-6-2-1-3-7-19/h1-9,11,13,18H,10,12,14-17,26H2. The Kier molecular flexibility index (Phi) is 5.35. The van der Waals surface area contributed by atoms with Gasteiger partial charge in [-0.05, 0) is 30.5 Å². The highest BCUT2D eigenvalue weighted by atomic mass is 15.3. The average molecular weight is 411 g/mol. The molecule has 4 aromatic rings. The van der Waals surface area contributed by atoms with E-state index in [2.05, 4.69) is 79.6 Å². The van der Waals surface area contributed by atoms with E-state index in [1.165, 1.54) is 16.3 Å². The van der Waals surface area contributed by atoms with E-state index in [9.17, 15) is 0 Å².